The van der Waals surface area contributed by atoms with Gasteiger partial charge >= 0.3 is 0 Å². The van der Waals surface area contributed by atoms with Crippen LogP contribution in [-0.4, -0.2) is 0 Å². The lowest BCUT2D eigenvalue weighted by Gasteiger charge is -2.23. The summed E-state index contributed by atoms with van der Waals surface area (Å²) in [5.74, 6) is 0. The summed E-state index contributed by atoms with van der Waals surface area (Å²) < 4.78 is 0. The first-order valence-corrected chi connectivity index (χ1v) is 16.5. The molecule has 6 aromatic carbocycles. The Morgan fingerprint density at radius 3 is 1.38 bits per heavy atom. The molecule has 50 heavy (non-hydrogen) atoms. The van der Waals surface area contributed by atoms with E-state index in [9.17, 15) is 10.5 Å². The van der Waals surface area contributed by atoms with E-state index in [0.29, 0.717) is 22.5 Å². The molecule has 0 radical (unpaired) electrons. The summed E-state index contributed by atoms with van der Waals surface area (Å²) >= 11 is 0. The molecule has 0 spiro atoms. The number of benzene rings is 6. The quantitative estimate of drug-likeness (QED) is 0.181. The van der Waals surface area contributed by atoms with Crippen molar-refractivity contribution in [3.05, 3.63) is 165 Å². The SMILES string of the molecule is [C-]#[N+]c1cc(C#N)cc(-c2cc(-c3ccc4c(c3)C(C)(C)c3cc(C#N)ccc3-4)cc(-c3ccc4c(c3)C(C)(C)c3cc([N+]#[C-])ccc3-4)c2)c1. The van der Waals surface area contributed by atoms with Crippen LogP contribution in [0, 0.1) is 35.8 Å². The Kier molecular flexibility index (Phi) is 6.67. The topological polar surface area (TPSA) is 56.3 Å². The van der Waals surface area contributed by atoms with Gasteiger partial charge in [0.15, 0.2) is 11.4 Å². The number of hydrogen-bond donors (Lipinski definition) is 0. The standard InChI is InChI=1S/C46H30N4/c1-45(2)41-17-27(25-47)7-11-37(41)38-12-8-29(22-42(38)45)32-18-33(20-34(19-32)31-15-28(26-48)16-36(21-31)50-6)30-9-13-39-40-14-10-35(49-5)24-44(40)46(3,4)43(39)23-30/h7-24H,1-4H3. The molecule has 234 valence electrons. The molecule has 0 saturated carbocycles. The summed E-state index contributed by atoms with van der Waals surface area (Å²) in [5.41, 5.74) is 17.0. The minimum absolute atomic E-state index is 0.278. The van der Waals surface area contributed by atoms with E-state index in [4.69, 9.17) is 13.1 Å². The Morgan fingerprint density at radius 1 is 0.420 bits per heavy atom. The minimum Gasteiger partial charge on any atom is -0.238 e. The van der Waals surface area contributed by atoms with E-state index in [0.717, 1.165) is 50.1 Å². The predicted molar refractivity (Wildman–Crippen MR) is 200 cm³/mol. The van der Waals surface area contributed by atoms with Gasteiger partial charge in [0.05, 0.1) is 30.8 Å². The lowest BCUT2D eigenvalue weighted by molar-refractivity contribution is 0.660. The van der Waals surface area contributed by atoms with Gasteiger partial charge in [0.25, 0.3) is 0 Å². The smallest absolute Gasteiger partial charge is 0.189 e. The molecule has 4 nitrogen and oxygen atoms in total. The average Bonchev–Trinajstić information content (AvgIpc) is 3.52. The molecule has 0 unspecified atom stereocenters. The van der Waals surface area contributed by atoms with Gasteiger partial charge in [0.2, 0.25) is 0 Å². The number of rotatable bonds is 3. The molecule has 0 heterocycles. The highest BCUT2D eigenvalue weighted by molar-refractivity contribution is 5.89. The van der Waals surface area contributed by atoms with E-state index in [1.165, 1.54) is 27.8 Å². The van der Waals surface area contributed by atoms with Crippen molar-refractivity contribution in [1.82, 2.24) is 0 Å². The van der Waals surface area contributed by atoms with Crippen molar-refractivity contribution < 1.29 is 0 Å². The van der Waals surface area contributed by atoms with Crippen LogP contribution in [0.4, 0.5) is 11.4 Å². The van der Waals surface area contributed by atoms with Crippen molar-refractivity contribution >= 4 is 11.4 Å². The maximum absolute atomic E-state index is 9.80. The van der Waals surface area contributed by atoms with Gasteiger partial charge in [-0.1, -0.05) is 76.2 Å². The zero-order chi connectivity index (χ0) is 34.9. The zero-order valence-corrected chi connectivity index (χ0v) is 28.2. The highest BCUT2D eigenvalue weighted by atomic mass is 14.6. The van der Waals surface area contributed by atoms with Crippen molar-refractivity contribution in [2.24, 2.45) is 0 Å². The second-order valence-corrected chi connectivity index (χ2v) is 14.3. The molecule has 2 aliphatic rings. The third-order valence-corrected chi connectivity index (χ3v) is 10.7. The minimum atomic E-state index is -0.284. The van der Waals surface area contributed by atoms with Gasteiger partial charge < -0.3 is 0 Å². The van der Waals surface area contributed by atoms with E-state index >= 15 is 0 Å². The summed E-state index contributed by atoms with van der Waals surface area (Å²) in [6, 6.07) is 41.6. The normalized spacial score (nSPS) is 13.8. The molecule has 0 fully saturated rings. The van der Waals surface area contributed by atoms with Crippen molar-refractivity contribution in [2.75, 3.05) is 0 Å². The Hall–Kier alpha value is -6.72. The van der Waals surface area contributed by atoms with Crippen LogP contribution >= 0.6 is 0 Å². The monoisotopic (exact) mass is 638 g/mol. The molecule has 0 saturated heterocycles. The van der Waals surface area contributed by atoms with E-state index in [1.54, 1.807) is 6.07 Å². The molecule has 0 aromatic heterocycles. The summed E-state index contributed by atoms with van der Waals surface area (Å²) in [6.45, 7) is 24.1. The van der Waals surface area contributed by atoms with Gasteiger partial charge in [0.1, 0.15) is 0 Å². The van der Waals surface area contributed by atoms with E-state index in [2.05, 4.69) is 116 Å². The van der Waals surface area contributed by atoms with Crippen molar-refractivity contribution in [3.8, 4) is 67.8 Å². The van der Waals surface area contributed by atoms with Crippen LogP contribution in [0.25, 0.3) is 65.3 Å². The van der Waals surface area contributed by atoms with Crippen LogP contribution in [0.5, 0.6) is 0 Å². The van der Waals surface area contributed by atoms with Gasteiger partial charge in [-0.3, -0.25) is 0 Å². The molecule has 0 amide bonds. The Bertz CT molecular complexity index is 2470. The third-order valence-electron chi connectivity index (χ3n) is 10.7. The molecule has 0 atom stereocenters. The summed E-state index contributed by atoms with van der Waals surface area (Å²) in [5, 5.41) is 19.4. The van der Waals surface area contributed by atoms with Gasteiger partial charge in [0, 0.05) is 16.4 Å². The van der Waals surface area contributed by atoms with Gasteiger partial charge in [-0.05, 0) is 139 Å². The molecular weight excluding hydrogens is 609 g/mol. The Labute approximate surface area is 292 Å². The number of fused-ring (bicyclic) bond motifs is 6. The highest BCUT2D eigenvalue weighted by Gasteiger charge is 2.37. The number of nitrogens with zero attached hydrogens (tertiary/aromatic N) is 4. The fourth-order valence-electron chi connectivity index (χ4n) is 8.00. The zero-order valence-electron chi connectivity index (χ0n) is 28.2. The van der Waals surface area contributed by atoms with E-state index < -0.39 is 0 Å². The summed E-state index contributed by atoms with van der Waals surface area (Å²) in [7, 11) is 0. The van der Waals surface area contributed by atoms with Gasteiger partial charge in [-0.15, -0.1) is 0 Å². The molecular formula is C46H30N4. The summed E-state index contributed by atoms with van der Waals surface area (Å²) in [4.78, 5) is 7.35. The van der Waals surface area contributed by atoms with Gasteiger partial charge in [-0.2, -0.15) is 10.5 Å². The van der Waals surface area contributed by atoms with Crippen molar-refractivity contribution in [1.29, 1.82) is 10.5 Å². The largest absolute Gasteiger partial charge is 0.238 e. The second-order valence-electron chi connectivity index (χ2n) is 14.3. The highest BCUT2D eigenvalue weighted by Crippen LogP contribution is 2.52. The first kappa shape index (κ1) is 30.6. The molecule has 8 rings (SSSR count). The third kappa shape index (κ3) is 4.55. The molecule has 2 aliphatic carbocycles. The van der Waals surface area contributed by atoms with E-state index in [-0.39, 0.29) is 10.8 Å². The van der Waals surface area contributed by atoms with Crippen LogP contribution in [0.1, 0.15) is 61.1 Å². The Morgan fingerprint density at radius 2 is 0.860 bits per heavy atom. The average molecular weight is 639 g/mol. The van der Waals surface area contributed by atoms with Gasteiger partial charge in [-0.25, -0.2) is 9.69 Å². The number of nitriles is 2. The first-order chi connectivity index (χ1) is 24.0. The second kappa shape index (κ2) is 10.9. The lowest BCUT2D eigenvalue weighted by atomic mass is 9.80. The lowest BCUT2D eigenvalue weighted by Crippen LogP contribution is -2.15. The Balaban J connectivity index is 1.31. The maximum atomic E-state index is 9.80. The molecule has 0 bridgehead atoms. The van der Waals surface area contributed by atoms with Crippen molar-refractivity contribution in [3.63, 3.8) is 0 Å². The fourth-order valence-corrected chi connectivity index (χ4v) is 8.00. The van der Waals surface area contributed by atoms with Crippen LogP contribution in [-0.2, 0) is 10.8 Å². The van der Waals surface area contributed by atoms with E-state index in [1.807, 2.05) is 36.4 Å². The summed E-state index contributed by atoms with van der Waals surface area (Å²) in [6.07, 6.45) is 0. The molecule has 6 aromatic rings. The maximum Gasteiger partial charge on any atom is 0.189 e. The van der Waals surface area contributed by atoms with Crippen LogP contribution in [0.3, 0.4) is 0 Å². The van der Waals surface area contributed by atoms with Crippen LogP contribution < -0.4 is 0 Å². The van der Waals surface area contributed by atoms with Crippen LogP contribution in [0.2, 0.25) is 0 Å². The molecule has 0 aliphatic heterocycles. The van der Waals surface area contributed by atoms with Crippen LogP contribution in [0.15, 0.2) is 109 Å². The predicted octanol–water partition coefficient (Wildman–Crippen LogP) is 12.1. The number of hydrogen-bond acceptors (Lipinski definition) is 2. The molecule has 0 N–H and O–H groups in total. The fraction of sp³-hybridized carbons (Fsp3) is 0.130. The molecule has 4 heteroatoms. The first-order valence-electron chi connectivity index (χ1n) is 16.5. The van der Waals surface area contributed by atoms with Crippen molar-refractivity contribution in [2.45, 2.75) is 38.5 Å².